The summed E-state index contributed by atoms with van der Waals surface area (Å²) in [5.74, 6) is 0.974. The van der Waals surface area contributed by atoms with Crippen molar-refractivity contribution in [2.45, 2.75) is 44.9 Å². The number of nitrogens with zero attached hydrogens (tertiary/aromatic N) is 3. The molecule has 1 saturated carbocycles. The van der Waals surface area contributed by atoms with Gasteiger partial charge in [-0.2, -0.15) is 5.10 Å². The van der Waals surface area contributed by atoms with Gasteiger partial charge in [-0.3, -0.25) is 9.48 Å². The van der Waals surface area contributed by atoms with E-state index >= 15 is 0 Å². The average molecular weight is 250 g/mol. The molecule has 0 bridgehead atoms. The van der Waals surface area contributed by atoms with E-state index < -0.39 is 0 Å². The van der Waals surface area contributed by atoms with Gasteiger partial charge in [0.15, 0.2) is 0 Å². The Morgan fingerprint density at radius 2 is 2.17 bits per heavy atom. The number of aryl methyl sites for hydroxylation is 1. The van der Waals surface area contributed by atoms with Crippen LogP contribution in [0.3, 0.4) is 0 Å². The Bertz CT molecular complexity index is 407. The maximum Gasteiger partial charge on any atom is 0.141 e. The van der Waals surface area contributed by atoms with Crippen LogP contribution in [0.25, 0.3) is 0 Å². The molecule has 100 valence electrons. The van der Waals surface area contributed by atoms with Crippen molar-refractivity contribution in [1.82, 2.24) is 14.8 Å². The van der Waals surface area contributed by atoms with Gasteiger partial charge in [-0.15, -0.1) is 0 Å². The first-order valence-corrected chi connectivity index (χ1v) is 6.70. The molecule has 0 amide bonds. The quantitative estimate of drug-likeness (QED) is 0.853. The molecule has 2 rings (SSSR count). The van der Waals surface area contributed by atoms with Crippen LogP contribution in [0.15, 0.2) is 6.33 Å². The lowest BCUT2D eigenvalue weighted by Gasteiger charge is -2.35. The fourth-order valence-corrected chi connectivity index (χ4v) is 2.89. The van der Waals surface area contributed by atoms with Crippen molar-refractivity contribution in [3.05, 3.63) is 12.2 Å². The lowest BCUT2D eigenvalue weighted by Crippen LogP contribution is -2.35. The highest BCUT2D eigenvalue weighted by atomic mass is 16.1. The van der Waals surface area contributed by atoms with Crippen LogP contribution in [0.1, 0.15) is 44.3 Å². The molecule has 18 heavy (non-hydrogen) atoms. The number of rotatable bonds is 5. The van der Waals surface area contributed by atoms with Gasteiger partial charge in [0.05, 0.1) is 6.42 Å². The number of Topliss-reactive ketones (excluding diaryl/α,β-unsaturated/α-hetero) is 1. The molecular weight excluding hydrogens is 228 g/mol. The predicted molar refractivity (Wildman–Crippen MR) is 68.9 cm³/mol. The van der Waals surface area contributed by atoms with Gasteiger partial charge in [-0.05, 0) is 24.8 Å². The fraction of sp³-hybridized carbons (Fsp3) is 0.769. The van der Waals surface area contributed by atoms with E-state index in [1.807, 2.05) is 7.05 Å². The van der Waals surface area contributed by atoms with Crippen LogP contribution in [0.4, 0.5) is 0 Å². The largest absolute Gasteiger partial charge is 0.330 e. The third-order valence-electron chi connectivity index (χ3n) is 4.08. The predicted octanol–water partition coefficient (Wildman–Crippen LogP) is 1.23. The number of carbonyl (C=O) groups excluding carboxylic acids is 1. The van der Waals surface area contributed by atoms with Gasteiger partial charge < -0.3 is 5.73 Å². The molecule has 0 aliphatic heterocycles. The first kappa shape index (κ1) is 13.2. The minimum atomic E-state index is 0.0495. The van der Waals surface area contributed by atoms with Crippen LogP contribution in [0, 0.1) is 5.41 Å². The van der Waals surface area contributed by atoms with Crippen molar-refractivity contribution in [2.75, 3.05) is 6.54 Å². The van der Waals surface area contributed by atoms with E-state index in [-0.39, 0.29) is 11.2 Å². The number of aromatic nitrogens is 3. The summed E-state index contributed by atoms with van der Waals surface area (Å²) in [6.07, 6.45) is 8.32. The van der Waals surface area contributed by atoms with E-state index in [1.54, 1.807) is 4.68 Å². The third kappa shape index (κ3) is 2.96. The first-order chi connectivity index (χ1) is 8.65. The molecule has 1 aliphatic rings. The van der Waals surface area contributed by atoms with Crippen molar-refractivity contribution in [3.8, 4) is 0 Å². The molecule has 1 heterocycles. The van der Waals surface area contributed by atoms with E-state index in [0.717, 1.165) is 18.7 Å². The number of hydrogen-bond donors (Lipinski definition) is 1. The van der Waals surface area contributed by atoms with Crippen molar-refractivity contribution >= 4 is 5.78 Å². The van der Waals surface area contributed by atoms with Gasteiger partial charge in [0.1, 0.15) is 17.9 Å². The molecular formula is C13H22N4O. The second-order valence-electron chi connectivity index (χ2n) is 5.46. The molecule has 1 fully saturated rings. The highest BCUT2D eigenvalue weighted by Crippen LogP contribution is 2.38. The second kappa shape index (κ2) is 5.61. The third-order valence-corrected chi connectivity index (χ3v) is 4.08. The number of hydrogen-bond acceptors (Lipinski definition) is 4. The first-order valence-electron chi connectivity index (χ1n) is 6.70. The summed E-state index contributed by atoms with van der Waals surface area (Å²) >= 11 is 0. The van der Waals surface area contributed by atoms with Gasteiger partial charge in [0, 0.05) is 13.5 Å². The van der Waals surface area contributed by atoms with Gasteiger partial charge in [-0.1, -0.05) is 19.3 Å². The molecule has 0 spiro atoms. The fourth-order valence-electron chi connectivity index (χ4n) is 2.89. The van der Waals surface area contributed by atoms with Crippen molar-refractivity contribution in [2.24, 2.45) is 18.2 Å². The molecule has 0 aromatic carbocycles. The Kier molecular flexibility index (Phi) is 4.11. The van der Waals surface area contributed by atoms with Gasteiger partial charge in [-0.25, -0.2) is 4.98 Å². The molecule has 2 N–H and O–H groups in total. The summed E-state index contributed by atoms with van der Waals surface area (Å²) in [7, 11) is 1.81. The highest BCUT2D eigenvalue weighted by Gasteiger charge is 2.32. The van der Waals surface area contributed by atoms with Crippen molar-refractivity contribution in [3.63, 3.8) is 0 Å². The molecule has 0 radical (unpaired) electrons. The summed E-state index contributed by atoms with van der Waals surface area (Å²) in [5, 5.41) is 3.98. The van der Waals surface area contributed by atoms with Crippen LogP contribution in [-0.4, -0.2) is 27.1 Å². The summed E-state index contributed by atoms with van der Waals surface area (Å²) < 4.78 is 1.66. The molecule has 5 heteroatoms. The standard InChI is InChI=1S/C13H22N4O/c1-17-12(15-10-16-17)7-11(18)8-13(9-14)5-3-2-4-6-13/h10H,2-9,14H2,1H3. The Hall–Kier alpha value is -1.23. The molecule has 5 nitrogen and oxygen atoms in total. The summed E-state index contributed by atoms with van der Waals surface area (Å²) in [6, 6.07) is 0. The van der Waals surface area contributed by atoms with Crippen LogP contribution >= 0.6 is 0 Å². The minimum absolute atomic E-state index is 0.0495. The Morgan fingerprint density at radius 1 is 1.44 bits per heavy atom. The monoisotopic (exact) mass is 250 g/mol. The highest BCUT2D eigenvalue weighted by molar-refractivity contribution is 5.80. The number of ketones is 1. The minimum Gasteiger partial charge on any atom is -0.330 e. The normalized spacial score (nSPS) is 18.8. The summed E-state index contributed by atoms with van der Waals surface area (Å²) in [4.78, 5) is 16.3. The summed E-state index contributed by atoms with van der Waals surface area (Å²) in [5.41, 5.74) is 5.95. The van der Waals surface area contributed by atoms with Crippen molar-refractivity contribution in [1.29, 1.82) is 0 Å². The lowest BCUT2D eigenvalue weighted by atomic mass is 9.71. The molecule has 1 aromatic heterocycles. The molecule has 0 atom stereocenters. The summed E-state index contributed by atoms with van der Waals surface area (Å²) in [6.45, 7) is 0.623. The van der Waals surface area contributed by atoms with Crippen LogP contribution < -0.4 is 5.73 Å². The van der Waals surface area contributed by atoms with Gasteiger partial charge in [0.25, 0.3) is 0 Å². The Morgan fingerprint density at radius 3 is 2.72 bits per heavy atom. The van der Waals surface area contributed by atoms with E-state index in [2.05, 4.69) is 10.1 Å². The second-order valence-corrected chi connectivity index (χ2v) is 5.46. The van der Waals surface area contributed by atoms with Crippen LogP contribution in [0.5, 0.6) is 0 Å². The van der Waals surface area contributed by atoms with E-state index in [1.165, 1.54) is 25.6 Å². The van der Waals surface area contributed by atoms with Crippen LogP contribution in [-0.2, 0) is 18.3 Å². The molecule has 1 aliphatic carbocycles. The zero-order chi connectivity index (χ0) is 13.0. The topological polar surface area (TPSA) is 73.8 Å². The molecule has 1 aromatic rings. The smallest absolute Gasteiger partial charge is 0.141 e. The van der Waals surface area contributed by atoms with E-state index in [4.69, 9.17) is 5.73 Å². The molecule has 0 saturated heterocycles. The van der Waals surface area contributed by atoms with Crippen LogP contribution in [0.2, 0.25) is 0 Å². The van der Waals surface area contributed by atoms with E-state index in [9.17, 15) is 4.79 Å². The maximum atomic E-state index is 12.2. The molecule has 0 unspecified atom stereocenters. The number of carbonyl (C=O) groups is 1. The lowest BCUT2D eigenvalue weighted by molar-refractivity contribution is -0.121. The maximum absolute atomic E-state index is 12.2. The average Bonchev–Trinajstić information content (AvgIpc) is 2.76. The van der Waals surface area contributed by atoms with Gasteiger partial charge >= 0.3 is 0 Å². The number of nitrogens with two attached hydrogens (primary N) is 1. The van der Waals surface area contributed by atoms with Gasteiger partial charge in [0.2, 0.25) is 0 Å². The Balaban J connectivity index is 1.95. The SMILES string of the molecule is Cn1ncnc1CC(=O)CC1(CN)CCCCC1. The van der Waals surface area contributed by atoms with E-state index in [0.29, 0.717) is 19.4 Å². The zero-order valence-corrected chi connectivity index (χ0v) is 11.1. The zero-order valence-electron chi connectivity index (χ0n) is 11.1. The van der Waals surface area contributed by atoms with Crippen molar-refractivity contribution < 1.29 is 4.79 Å². The Labute approximate surface area is 108 Å².